The lowest BCUT2D eigenvalue weighted by atomic mass is 9.98. The highest BCUT2D eigenvalue weighted by molar-refractivity contribution is 6.00. The number of hydrogen-bond donors (Lipinski definition) is 0. The highest BCUT2D eigenvalue weighted by Gasteiger charge is 2.30. The molecule has 0 N–H and O–H groups in total. The number of hydrogen-bond acceptors (Lipinski definition) is 1. The van der Waals surface area contributed by atoms with E-state index in [1.165, 1.54) is 12.1 Å². The van der Waals surface area contributed by atoms with E-state index in [1.807, 2.05) is 6.92 Å². The molecule has 0 aliphatic rings. The van der Waals surface area contributed by atoms with Gasteiger partial charge in [-0.1, -0.05) is 30.3 Å². The molecule has 2 rings (SSSR count). The van der Waals surface area contributed by atoms with Gasteiger partial charge in [0, 0.05) is 19.2 Å². The summed E-state index contributed by atoms with van der Waals surface area (Å²) in [6, 6.07) is 11.8. The van der Waals surface area contributed by atoms with Crippen molar-refractivity contribution in [3.63, 3.8) is 0 Å². The highest BCUT2D eigenvalue weighted by atomic mass is 19.4. The van der Waals surface area contributed by atoms with E-state index in [-0.39, 0.29) is 5.91 Å². The van der Waals surface area contributed by atoms with Crippen molar-refractivity contribution in [2.45, 2.75) is 13.1 Å². The number of carbonyl (C=O) groups excluding carboxylic acids is 1. The van der Waals surface area contributed by atoms with Crippen LogP contribution in [0.5, 0.6) is 0 Å². The number of halogens is 3. The lowest BCUT2D eigenvalue weighted by Gasteiger charge is -2.17. The van der Waals surface area contributed by atoms with Gasteiger partial charge in [-0.15, -0.1) is 0 Å². The summed E-state index contributed by atoms with van der Waals surface area (Å²) in [6.07, 6.45) is -4.36. The van der Waals surface area contributed by atoms with Crippen LogP contribution in [0.4, 0.5) is 13.2 Å². The molecule has 116 valence electrons. The molecule has 0 aliphatic heterocycles. The summed E-state index contributed by atoms with van der Waals surface area (Å²) in [5.74, 6) is -0.155. The first-order valence-electron chi connectivity index (χ1n) is 6.86. The van der Waals surface area contributed by atoms with Crippen LogP contribution >= 0.6 is 0 Å². The van der Waals surface area contributed by atoms with Crippen LogP contribution in [0.15, 0.2) is 48.5 Å². The van der Waals surface area contributed by atoms with Gasteiger partial charge in [-0.25, -0.2) is 0 Å². The van der Waals surface area contributed by atoms with Gasteiger partial charge in [0.15, 0.2) is 0 Å². The molecule has 0 aromatic heterocycles. The molecule has 0 radical (unpaired) electrons. The summed E-state index contributed by atoms with van der Waals surface area (Å²) in [6.45, 7) is 2.42. The van der Waals surface area contributed by atoms with E-state index in [4.69, 9.17) is 0 Å². The number of rotatable bonds is 3. The van der Waals surface area contributed by atoms with Gasteiger partial charge in [-0.05, 0) is 36.2 Å². The van der Waals surface area contributed by atoms with E-state index >= 15 is 0 Å². The number of alkyl halides is 3. The third-order valence-electron chi connectivity index (χ3n) is 3.50. The molecule has 0 spiro atoms. The van der Waals surface area contributed by atoms with Crippen LogP contribution in [0, 0.1) is 0 Å². The normalized spacial score (nSPS) is 11.3. The number of amides is 1. The van der Waals surface area contributed by atoms with Gasteiger partial charge in [-0.2, -0.15) is 13.2 Å². The molecule has 2 aromatic rings. The summed E-state index contributed by atoms with van der Waals surface area (Å²) >= 11 is 0. The van der Waals surface area contributed by atoms with Crippen molar-refractivity contribution in [1.29, 1.82) is 0 Å². The Bertz CT molecular complexity index is 662. The van der Waals surface area contributed by atoms with Crippen molar-refractivity contribution in [2.75, 3.05) is 13.6 Å². The zero-order valence-electron chi connectivity index (χ0n) is 12.3. The SMILES string of the molecule is CCN(C)C(=O)c1ccccc1-c1ccc(C(F)(F)F)cc1. The molecule has 2 nitrogen and oxygen atoms in total. The smallest absolute Gasteiger partial charge is 0.342 e. The molecule has 0 unspecified atom stereocenters. The predicted molar refractivity (Wildman–Crippen MR) is 79.5 cm³/mol. The Hall–Kier alpha value is -2.30. The fraction of sp³-hybridized carbons (Fsp3) is 0.235. The minimum Gasteiger partial charge on any atom is -0.342 e. The van der Waals surface area contributed by atoms with Crippen LogP contribution in [-0.4, -0.2) is 24.4 Å². The van der Waals surface area contributed by atoms with Crippen LogP contribution in [0.2, 0.25) is 0 Å². The third kappa shape index (κ3) is 3.30. The van der Waals surface area contributed by atoms with Gasteiger partial charge in [0.25, 0.3) is 5.91 Å². The third-order valence-corrected chi connectivity index (χ3v) is 3.50. The van der Waals surface area contributed by atoms with Crippen molar-refractivity contribution in [2.24, 2.45) is 0 Å². The molecule has 0 aliphatic carbocycles. The Morgan fingerprint density at radius 2 is 1.64 bits per heavy atom. The first kappa shape index (κ1) is 16.1. The standard InChI is InChI=1S/C17H16F3NO/c1-3-21(2)16(22)15-7-5-4-6-14(15)12-8-10-13(11-9-12)17(18,19)20/h4-11H,3H2,1-2H3. The summed E-state index contributed by atoms with van der Waals surface area (Å²) in [5, 5.41) is 0. The van der Waals surface area contributed by atoms with E-state index in [9.17, 15) is 18.0 Å². The quantitative estimate of drug-likeness (QED) is 0.819. The van der Waals surface area contributed by atoms with E-state index in [2.05, 4.69) is 0 Å². The maximum Gasteiger partial charge on any atom is 0.416 e. The lowest BCUT2D eigenvalue weighted by Crippen LogP contribution is -2.26. The molecule has 0 saturated carbocycles. The summed E-state index contributed by atoms with van der Waals surface area (Å²) in [4.78, 5) is 13.9. The van der Waals surface area contributed by atoms with Crippen molar-refractivity contribution in [3.8, 4) is 11.1 Å². The molecule has 0 heterocycles. The minimum absolute atomic E-state index is 0.155. The van der Waals surface area contributed by atoms with Crippen molar-refractivity contribution in [1.82, 2.24) is 4.90 Å². The van der Waals surface area contributed by atoms with Crippen molar-refractivity contribution in [3.05, 3.63) is 59.7 Å². The van der Waals surface area contributed by atoms with Crippen LogP contribution in [0.1, 0.15) is 22.8 Å². The van der Waals surface area contributed by atoms with Gasteiger partial charge >= 0.3 is 6.18 Å². The maximum atomic E-state index is 12.6. The first-order valence-corrected chi connectivity index (χ1v) is 6.86. The minimum atomic E-state index is -4.36. The average molecular weight is 307 g/mol. The topological polar surface area (TPSA) is 20.3 Å². The number of benzene rings is 2. The van der Waals surface area contributed by atoms with Crippen LogP contribution in [0.25, 0.3) is 11.1 Å². The molecule has 22 heavy (non-hydrogen) atoms. The maximum absolute atomic E-state index is 12.6. The van der Waals surface area contributed by atoms with Gasteiger partial charge in [0.2, 0.25) is 0 Å². The van der Waals surface area contributed by atoms with Gasteiger partial charge < -0.3 is 4.90 Å². The van der Waals surface area contributed by atoms with Crippen molar-refractivity contribution >= 4 is 5.91 Å². The second-order valence-electron chi connectivity index (χ2n) is 4.94. The monoisotopic (exact) mass is 307 g/mol. The van der Waals surface area contributed by atoms with Gasteiger partial charge in [0.05, 0.1) is 5.56 Å². The number of carbonyl (C=O) groups is 1. The van der Waals surface area contributed by atoms with E-state index in [0.717, 1.165) is 12.1 Å². The van der Waals surface area contributed by atoms with Gasteiger partial charge in [0.1, 0.15) is 0 Å². The molecule has 0 fully saturated rings. The Morgan fingerprint density at radius 1 is 1.05 bits per heavy atom. The molecule has 2 aromatic carbocycles. The van der Waals surface area contributed by atoms with Crippen molar-refractivity contribution < 1.29 is 18.0 Å². The fourth-order valence-corrected chi connectivity index (χ4v) is 2.11. The van der Waals surface area contributed by atoms with E-state index in [0.29, 0.717) is 23.2 Å². The molecule has 0 atom stereocenters. The highest BCUT2D eigenvalue weighted by Crippen LogP contribution is 2.32. The van der Waals surface area contributed by atoms with Crippen LogP contribution in [0.3, 0.4) is 0 Å². The Balaban J connectivity index is 2.43. The van der Waals surface area contributed by atoms with Crippen LogP contribution in [-0.2, 0) is 6.18 Å². The molecule has 0 bridgehead atoms. The number of nitrogens with zero attached hydrogens (tertiary/aromatic N) is 1. The van der Waals surface area contributed by atoms with Crippen LogP contribution < -0.4 is 0 Å². The lowest BCUT2D eigenvalue weighted by molar-refractivity contribution is -0.137. The van der Waals surface area contributed by atoms with E-state index < -0.39 is 11.7 Å². The summed E-state index contributed by atoms with van der Waals surface area (Å²) in [5.41, 5.74) is 0.986. The largest absolute Gasteiger partial charge is 0.416 e. The Kier molecular flexibility index (Phi) is 4.54. The predicted octanol–water partition coefficient (Wildman–Crippen LogP) is 4.46. The molecule has 1 amide bonds. The zero-order valence-corrected chi connectivity index (χ0v) is 12.3. The fourth-order valence-electron chi connectivity index (χ4n) is 2.11. The molecule has 0 saturated heterocycles. The summed E-state index contributed by atoms with van der Waals surface area (Å²) in [7, 11) is 1.69. The van der Waals surface area contributed by atoms with E-state index in [1.54, 1.807) is 36.2 Å². The Morgan fingerprint density at radius 3 is 2.18 bits per heavy atom. The summed E-state index contributed by atoms with van der Waals surface area (Å²) < 4.78 is 37.9. The van der Waals surface area contributed by atoms with Gasteiger partial charge in [-0.3, -0.25) is 4.79 Å². The first-order chi connectivity index (χ1) is 10.3. The zero-order chi connectivity index (χ0) is 16.3. The second-order valence-corrected chi connectivity index (χ2v) is 4.94. The molecular weight excluding hydrogens is 291 g/mol. The Labute approximate surface area is 127 Å². The molecule has 5 heteroatoms. The second kappa shape index (κ2) is 6.22. The average Bonchev–Trinajstić information content (AvgIpc) is 2.52. The molecular formula is C17H16F3NO.